The Morgan fingerprint density at radius 2 is 1.95 bits per heavy atom. The molecule has 3 nitrogen and oxygen atoms in total. The Hall–Kier alpha value is -1.78. The van der Waals surface area contributed by atoms with Crippen LogP contribution in [0.5, 0.6) is 0 Å². The van der Waals surface area contributed by atoms with Crippen molar-refractivity contribution in [1.82, 2.24) is 14.5 Å². The maximum absolute atomic E-state index is 6.12. The first kappa shape index (κ1) is 15.1. The zero-order valence-electron chi connectivity index (χ0n) is 12.5. The summed E-state index contributed by atoms with van der Waals surface area (Å²) in [5, 5.41) is 1.68. The summed E-state index contributed by atoms with van der Waals surface area (Å²) in [5.41, 5.74) is 3.73. The average molecular weight is 330 g/mol. The molecule has 1 aromatic carbocycles. The summed E-state index contributed by atoms with van der Waals surface area (Å²) in [5.74, 6) is 0. The van der Waals surface area contributed by atoms with E-state index in [-0.39, 0.29) is 0 Å². The van der Waals surface area contributed by atoms with Crippen LogP contribution in [0.2, 0.25) is 5.02 Å². The lowest BCUT2D eigenvalue weighted by molar-refractivity contribution is 0.743. The molecule has 0 spiro atoms. The molecule has 0 fully saturated rings. The van der Waals surface area contributed by atoms with Gasteiger partial charge in [-0.1, -0.05) is 30.7 Å². The lowest BCUT2D eigenvalue weighted by atomic mass is 10.1. The maximum Gasteiger partial charge on any atom is 0.201 e. The molecule has 0 amide bonds. The molecule has 3 rings (SSSR count). The SMILES string of the molecule is CCc1ccc2c(-c3cccc(Cl)c3)nc(=S)n(CC)c2n1. The highest BCUT2D eigenvalue weighted by atomic mass is 35.5. The van der Waals surface area contributed by atoms with Gasteiger partial charge in [0.15, 0.2) is 0 Å². The first-order valence-electron chi connectivity index (χ1n) is 7.30. The Labute approximate surface area is 139 Å². The van der Waals surface area contributed by atoms with Crippen LogP contribution in [0, 0.1) is 4.77 Å². The highest BCUT2D eigenvalue weighted by Gasteiger charge is 2.12. The number of aromatic nitrogens is 3. The summed E-state index contributed by atoms with van der Waals surface area (Å²) in [6, 6.07) is 11.8. The van der Waals surface area contributed by atoms with E-state index >= 15 is 0 Å². The third kappa shape index (κ3) is 2.64. The fourth-order valence-electron chi connectivity index (χ4n) is 2.52. The van der Waals surface area contributed by atoms with Crippen LogP contribution in [0.25, 0.3) is 22.3 Å². The number of hydrogen-bond acceptors (Lipinski definition) is 3. The molecule has 0 saturated carbocycles. The van der Waals surface area contributed by atoms with E-state index in [0.29, 0.717) is 9.79 Å². The zero-order chi connectivity index (χ0) is 15.7. The molecule has 2 aromatic heterocycles. The van der Waals surface area contributed by atoms with Gasteiger partial charge in [0.05, 0.1) is 5.69 Å². The molecule has 0 aliphatic rings. The smallest absolute Gasteiger partial charge is 0.201 e. The number of rotatable bonds is 3. The lowest BCUT2D eigenvalue weighted by Crippen LogP contribution is -2.06. The fourth-order valence-corrected chi connectivity index (χ4v) is 3.02. The maximum atomic E-state index is 6.12. The Morgan fingerprint density at radius 3 is 2.64 bits per heavy atom. The van der Waals surface area contributed by atoms with Crippen LogP contribution in [0.1, 0.15) is 19.5 Å². The van der Waals surface area contributed by atoms with Crippen molar-refractivity contribution in [3.05, 3.63) is 51.9 Å². The molecule has 22 heavy (non-hydrogen) atoms. The zero-order valence-corrected chi connectivity index (χ0v) is 14.1. The van der Waals surface area contributed by atoms with Crippen molar-refractivity contribution < 1.29 is 0 Å². The Bertz CT molecular complexity index is 902. The quantitative estimate of drug-likeness (QED) is 0.629. The minimum absolute atomic E-state index is 0.547. The van der Waals surface area contributed by atoms with Gasteiger partial charge < -0.3 is 4.57 Å². The van der Waals surface area contributed by atoms with Gasteiger partial charge in [0.25, 0.3) is 0 Å². The van der Waals surface area contributed by atoms with Crippen molar-refractivity contribution in [3.8, 4) is 11.3 Å². The molecule has 3 aromatic rings. The number of fused-ring (bicyclic) bond motifs is 1. The number of benzene rings is 1. The molecule has 0 unspecified atom stereocenters. The van der Waals surface area contributed by atoms with E-state index in [2.05, 4.69) is 24.9 Å². The summed E-state index contributed by atoms with van der Waals surface area (Å²) in [7, 11) is 0. The number of hydrogen-bond donors (Lipinski definition) is 0. The van der Waals surface area contributed by atoms with Crippen LogP contribution in [-0.2, 0) is 13.0 Å². The Morgan fingerprint density at radius 1 is 1.14 bits per heavy atom. The summed E-state index contributed by atoms with van der Waals surface area (Å²) < 4.78 is 2.52. The molecule has 0 aliphatic heterocycles. The van der Waals surface area contributed by atoms with Gasteiger partial charge in [-0.2, -0.15) is 0 Å². The molecule has 112 valence electrons. The van der Waals surface area contributed by atoms with E-state index in [1.807, 2.05) is 34.9 Å². The topological polar surface area (TPSA) is 30.7 Å². The van der Waals surface area contributed by atoms with Gasteiger partial charge in [-0.15, -0.1) is 0 Å². The minimum Gasteiger partial charge on any atom is -0.301 e. The van der Waals surface area contributed by atoms with Crippen LogP contribution in [0.15, 0.2) is 36.4 Å². The van der Waals surface area contributed by atoms with Crippen molar-refractivity contribution in [1.29, 1.82) is 0 Å². The number of nitrogens with zero attached hydrogens (tertiary/aromatic N) is 3. The molecule has 0 bridgehead atoms. The van der Waals surface area contributed by atoms with E-state index in [1.54, 1.807) is 0 Å². The highest BCUT2D eigenvalue weighted by molar-refractivity contribution is 7.71. The third-order valence-electron chi connectivity index (χ3n) is 3.66. The van der Waals surface area contributed by atoms with Crippen molar-refractivity contribution in [2.24, 2.45) is 0 Å². The molecule has 0 aliphatic carbocycles. The van der Waals surface area contributed by atoms with Crippen molar-refractivity contribution in [2.75, 3.05) is 0 Å². The van der Waals surface area contributed by atoms with Gasteiger partial charge in [0.2, 0.25) is 4.77 Å². The van der Waals surface area contributed by atoms with E-state index in [1.165, 1.54) is 0 Å². The minimum atomic E-state index is 0.547. The normalized spacial score (nSPS) is 11.0. The van der Waals surface area contributed by atoms with Crippen LogP contribution < -0.4 is 0 Å². The third-order valence-corrected chi connectivity index (χ3v) is 4.21. The van der Waals surface area contributed by atoms with Crippen LogP contribution in [-0.4, -0.2) is 14.5 Å². The summed E-state index contributed by atoms with van der Waals surface area (Å²) in [4.78, 5) is 9.38. The number of halogens is 1. The Kier molecular flexibility index (Phi) is 4.23. The Balaban J connectivity index is 2.39. The molecule has 0 saturated heterocycles. The molecular formula is C17H16ClN3S. The van der Waals surface area contributed by atoms with Gasteiger partial charge in [-0.05, 0) is 49.8 Å². The van der Waals surface area contributed by atoms with E-state index < -0.39 is 0 Å². The van der Waals surface area contributed by atoms with Gasteiger partial charge >= 0.3 is 0 Å². The van der Waals surface area contributed by atoms with Crippen LogP contribution in [0.3, 0.4) is 0 Å². The van der Waals surface area contributed by atoms with Crippen LogP contribution in [0.4, 0.5) is 0 Å². The van der Waals surface area contributed by atoms with Crippen molar-refractivity contribution >= 4 is 34.9 Å². The fraction of sp³-hybridized carbons (Fsp3) is 0.235. The predicted molar refractivity (Wildman–Crippen MR) is 93.9 cm³/mol. The molecule has 0 atom stereocenters. The summed E-state index contributed by atoms with van der Waals surface area (Å²) >= 11 is 11.6. The first-order chi connectivity index (χ1) is 10.6. The van der Waals surface area contributed by atoms with Gasteiger partial charge in [-0.3, -0.25) is 0 Å². The second-order valence-electron chi connectivity index (χ2n) is 5.02. The average Bonchev–Trinajstić information content (AvgIpc) is 2.53. The lowest BCUT2D eigenvalue weighted by Gasteiger charge is -2.13. The largest absolute Gasteiger partial charge is 0.301 e. The second-order valence-corrected chi connectivity index (χ2v) is 5.83. The van der Waals surface area contributed by atoms with Gasteiger partial charge in [0.1, 0.15) is 5.65 Å². The second kappa shape index (κ2) is 6.15. The number of pyridine rings is 1. The summed E-state index contributed by atoms with van der Waals surface area (Å²) in [6.07, 6.45) is 0.890. The van der Waals surface area contributed by atoms with Crippen LogP contribution >= 0.6 is 23.8 Å². The molecule has 2 heterocycles. The predicted octanol–water partition coefficient (Wildman–Crippen LogP) is 5.06. The summed E-state index contributed by atoms with van der Waals surface area (Å²) in [6.45, 7) is 4.90. The van der Waals surface area contributed by atoms with Crippen molar-refractivity contribution in [2.45, 2.75) is 26.8 Å². The molecule has 5 heteroatoms. The monoisotopic (exact) mass is 329 g/mol. The standard InChI is InChI=1S/C17H16ClN3S/c1-3-13-8-9-14-15(11-6-5-7-12(18)10-11)20-17(22)21(4-2)16(14)19-13/h5-10H,3-4H2,1-2H3. The first-order valence-corrected chi connectivity index (χ1v) is 8.09. The number of aryl methyl sites for hydroxylation is 2. The van der Waals surface area contributed by atoms with E-state index in [9.17, 15) is 0 Å². The van der Waals surface area contributed by atoms with Gasteiger partial charge in [0, 0.05) is 28.2 Å². The van der Waals surface area contributed by atoms with Gasteiger partial charge in [-0.25, -0.2) is 9.97 Å². The molecule has 0 N–H and O–H groups in total. The molecule has 0 radical (unpaired) electrons. The van der Waals surface area contributed by atoms with Crippen molar-refractivity contribution in [3.63, 3.8) is 0 Å². The highest BCUT2D eigenvalue weighted by Crippen LogP contribution is 2.28. The molecular weight excluding hydrogens is 314 g/mol. The van der Waals surface area contributed by atoms with E-state index in [0.717, 1.165) is 41.0 Å². The van der Waals surface area contributed by atoms with E-state index in [4.69, 9.17) is 28.8 Å².